The van der Waals surface area contributed by atoms with Gasteiger partial charge in [-0.25, -0.2) is 4.79 Å². The normalized spacial score (nSPS) is 12.9. The van der Waals surface area contributed by atoms with Crippen LogP contribution >= 0.6 is 0 Å². The fourth-order valence-electron chi connectivity index (χ4n) is 5.43. The highest BCUT2D eigenvalue weighted by Gasteiger charge is 2.34. The van der Waals surface area contributed by atoms with Crippen LogP contribution in [-0.4, -0.2) is 78.2 Å². The highest BCUT2D eigenvalue weighted by atomic mass is 16.5. The number of Topliss-reactive ketones (excluding diaryl/α,β-unsaturated/α-hetero) is 2. The van der Waals surface area contributed by atoms with Crippen molar-refractivity contribution in [3.05, 3.63) is 72.3 Å². The lowest BCUT2D eigenvalue weighted by molar-refractivity contribution is -0.140. The van der Waals surface area contributed by atoms with E-state index < -0.39 is 72.3 Å². The van der Waals surface area contributed by atoms with Crippen LogP contribution in [0.25, 0.3) is 11.1 Å². The van der Waals surface area contributed by atoms with E-state index in [9.17, 15) is 33.6 Å². The molecule has 2 aromatic rings. The molecule has 0 spiro atoms. The predicted molar refractivity (Wildman–Crippen MR) is 176 cm³/mol. The van der Waals surface area contributed by atoms with E-state index in [1.165, 1.54) is 6.08 Å². The SMILES string of the molecule is C=CCOC(=O)NCCCCC(NC(=O)[C@@H](NC(=O)C(=O)CC1c2ccccc2-c2ccccc21)C(C)C)C(=O)NCC(=O)CC(=O)O. The second-order valence-electron chi connectivity index (χ2n) is 11.7. The highest BCUT2D eigenvalue weighted by molar-refractivity contribution is 6.36. The molecule has 0 radical (unpaired) electrons. The van der Waals surface area contributed by atoms with Gasteiger partial charge < -0.3 is 31.1 Å². The zero-order chi connectivity index (χ0) is 35.2. The van der Waals surface area contributed by atoms with Crippen molar-refractivity contribution >= 4 is 41.4 Å². The molecule has 4 amide bonds. The Morgan fingerprint density at radius 2 is 1.50 bits per heavy atom. The van der Waals surface area contributed by atoms with Crippen molar-refractivity contribution in [1.29, 1.82) is 0 Å². The Hall–Kier alpha value is -5.33. The Bertz CT molecular complexity index is 1490. The van der Waals surface area contributed by atoms with E-state index in [1.54, 1.807) is 13.8 Å². The first-order chi connectivity index (χ1) is 22.9. The van der Waals surface area contributed by atoms with Gasteiger partial charge in [-0.2, -0.15) is 0 Å². The molecule has 3 rings (SSSR count). The molecule has 0 heterocycles. The minimum absolute atomic E-state index is 0.0440. The van der Waals surface area contributed by atoms with Crippen molar-refractivity contribution in [2.45, 2.75) is 64.0 Å². The number of amides is 4. The largest absolute Gasteiger partial charge is 0.481 e. The summed E-state index contributed by atoms with van der Waals surface area (Å²) in [5.74, 6) is -5.95. The van der Waals surface area contributed by atoms with Gasteiger partial charge in [-0.1, -0.05) is 75.0 Å². The number of hydrogen-bond acceptors (Lipinski definition) is 8. The molecular weight excluding hydrogens is 620 g/mol. The highest BCUT2D eigenvalue weighted by Crippen LogP contribution is 2.46. The van der Waals surface area contributed by atoms with Crippen molar-refractivity contribution in [1.82, 2.24) is 21.3 Å². The average molecular weight is 663 g/mol. The summed E-state index contributed by atoms with van der Waals surface area (Å²) in [6, 6.07) is 13.1. The first-order valence-corrected chi connectivity index (χ1v) is 15.8. The Balaban J connectivity index is 1.65. The number of carboxylic acid groups (broad SMARTS) is 1. The lowest BCUT2D eigenvalue weighted by Crippen LogP contribution is -2.56. The smallest absolute Gasteiger partial charge is 0.407 e. The van der Waals surface area contributed by atoms with E-state index in [1.807, 2.05) is 48.5 Å². The number of ether oxygens (including phenoxy) is 1. The molecule has 0 saturated heterocycles. The summed E-state index contributed by atoms with van der Waals surface area (Å²) in [6.45, 7) is 6.52. The number of fused-ring (bicyclic) bond motifs is 3. The molecule has 1 unspecified atom stereocenters. The number of hydrogen-bond donors (Lipinski definition) is 5. The fourth-order valence-corrected chi connectivity index (χ4v) is 5.43. The van der Waals surface area contributed by atoms with Gasteiger partial charge in [0.2, 0.25) is 17.6 Å². The number of ketones is 2. The van der Waals surface area contributed by atoms with Gasteiger partial charge in [-0.05, 0) is 47.4 Å². The van der Waals surface area contributed by atoms with Crippen LogP contribution in [0.2, 0.25) is 0 Å². The molecular formula is C35H42N4O9. The molecule has 0 fully saturated rings. The zero-order valence-corrected chi connectivity index (χ0v) is 27.1. The second kappa shape index (κ2) is 18.1. The molecule has 1 aliphatic rings. The molecule has 2 aromatic carbocycles. The van der Waals surface area contributed by atoms with E-state index in [4.69, 9.17) is 9.84 Å². The van der Waals surface area contributed by atoms with Gasteiger partial charge in [-0.15, -0.1) is 0 Å². The van der Waals surface area contributed by atoms with Crippen LogP contribution in [0.3, 0.4) is 0 Å². The van der Waals surface area contributed by atoms with E-state index in [2.05, 4.69) is 27.8 Å². The molecule has 256 valence electrons. The van der Waals surface area contributed by atoms with Crippen LogP contribution in [-0.2, 0) is 33.5 Å². The Morgan fingerprint density at radius 3 is 2.08 bits per heavy atom. The summed E-state index contributed by atoms with van der Waals surface area (Å²) in [5.41, 5.74) is 3.89. The summed E-state index contributed by atoms with van der Waals surface area (Å²) in [6.07, 6.45) is 0.753. The van der Waals surface area contributed by atoms with Gasteiger partial charge in [0.25, 0.3) is 5.91 Å². The van der Waals surface area contributed by atoms with Crippen molar-refractivity contribution < 1.29 is 43.4 Å². The van der Waals surface area contributed by atoms with Crippen LogP contribution in [0.4, 0.5) is 4.79 Å². The third kappa shape index (κ3) is 10.6. The van der Waals surface area contributed by atoms with E-state index in [0.717, 1.165) is 22.3 Å². The fraction of sp³-hybridized carbons (Fsp3) is 0.400. The Morgan fingerprint density at radius 1 is 0.875 bits per heavy atom. The van der Waals surface area contributed by atoms with Gasteiger partial charge in [0.1, 0.15) is 25.1 Å². The number of benzene rings is 2. The number of alkyl carbamates (subject to hydrolysis) is 1. The molecule has 1 aliphatic carbocycles. The number of carboxylic acids is 1. The summed E-state index contributed by atoms with van der Waals surface area (Å²) in [5, 5.41) is 18.9. The van der Waals surface area contributed by atoms with Gasteiger partial charge in [-0.3, -0.25) is 28.8 Å². The van der Waals surface area contributed by atoms with E-state index in [0.29, 0.717) is 12.8 Å². The maximum atomic E-state index is 13.4. The number of rotatable bonds is 19. The van der Waals surface area contributed by atoms with Crippen molar-refractivity contribution in [2.24, 2.45) is 5.92 Å². The quantitative estimate of drug-likeness (QED) is 0.0650. The third-order valence-corrected chi connectivity index (χ3v) is 7.80. The van der Waals surface area contributed by atoms with E-state index in [-0.39, 0.29) is 31.9 Å². The van der Waals surface area contributed by atoms with Crippen molar-refractivity contribution in [3.63, 3.8) is 0 Å². The molecule has 5 N–H and O–H groups in total. The van der Waals surface area contributed by atoms with Gasteiger partial charge >= 0.3 is 12.1 Å². The summed E-state index contributed by atoms with van der Waals surface area (Å²) < 4.78 is 4.84. The molecule has 0 saturated carbocycles. The minimum Gasteiger partial charge on any atom is -0.481 e. The average Bonchev–Trinajstić information content (AvgIpc) is 3.36. The molecule has 13 heteroatoms. The summed E-state index contributed by atoms with van der Waals surface area (Å²) >= 11 is 0. The minimum atomic E-state index is -1.34. The lowest BCUT2D eigenvalue weighted by atomic mass is 9.91. The lowest BCUT2D eigenvalue weighted by Gasteiger charge is -2.25. The summed E-state index contributed by atoms with van der Waals surface area (Å²) in [7, 11) is 0. The van der Waals surface area contributed by atoms with Crippen LogP contribution in [0.1, 0.15) is 63.0 Å². The first-order valence-electron chi connectivity index (χ1n) is 15.8. The van der Waals surface area contributed by atoms with Crippen LogP contribution in [0.15, 0.2) is 61.2 Å². The maximum Gasteiger partial charge on any atom is 0.407 e. The molecule has 48 heavy (non-hydrogen) atoms. The second-order valence-corrected chi connectivity index (χ2v) is 11.7. The number of carbonyl (C=O) groups is 7. The maximum absolute atomic E-state index is 13.4. The standard InChI is InChI=1S/C35H42N4O9/c1-4-17-48-35(47)36-16-10-9-15-28(32(44)37-20-22(40)18-30(42)43)38-34(46)31(21(2)3)39-33(45)29(41)19-27-25-13-7-5-11-23(25)24-12-6-8-14-26(24)27/h4-8,11-14,21,27-28,31H,1,9-10,15-20H2,2-3H3,(H,36,47)(H,37,44)(H,38,46)(H,39,45)(H,42,43)/t28?,31-/m0/s1. The van der Waals surface area contributed by atoms with Crippen molar-refractivity contribution in [3.8, 4) is 11.1 Å². The topological polar surface area (TPSA) is 197 Å². The Kier molecular flexibility index (Phi) is 14.0. The molecule has 13 nitrogen and oxygen atoms in total. The molecule has 0 aromatic heterocycles. The predicted octanol–water partition coefficient (Wildman–Crippen LogP) is 2.63. The van der Waals surface area contributed by atoms with Crippen LogP contribution in [0, 0.1) is 5.92 Å². The van der Waals surface area contributed by atoms with Gasteiger partial charge in [0.05, 0.1) is 6.54 Å². The van der Waals surface area contributed by atoms with Crippen LogP contribution in [0.5, 0.6) is 0 Å². The molecule has 0 bridgehead atoms. The zero-order valence-electron chi connectivity index (χ0n) is 27.1. The Labute approximate surface area is 278 Å². The van der Waals surface area contributed by atoms with Crippen LogP contribution < -0.4 is 21.3 Å². The third-order valence-electron chi connectivity index (χ3n) is 7.80. The first kappa shape index (κ1) is 37.1. The number of aliphatic carboxylic acids is 1. The van der Waals surface area contributed by atoms with Gasteiger partial charge in [0, 0.05) is 18.9 Å². The number of unbranched alkanes of at least 4 members (excludes halogenated alkanes) is 1. The number of carbonyl (C=O) groups excluding carboxylic acids is 6. The van der Waals surface area contributed by atoms with E-state index >= 15 is 0 Å². The summed E-state index contributed by atoms with van der Waals surface area (Å²) in [4.78, 5) is 87.2. The molecule has 2 atom stereocenters. The van der Waals surface area contributed by atoms with Gasteiger partial charge in [0.15, 0.2) is 5.78 Å². The number of nitrogens with one attached hydrogen (secondary N) is 4. The van der Waals surface area contributed by atoms with Crippen molar-refractivity contribution in [2.75, 3.05) is 19.7 Å². The monoisotopic (exact) mass is 662 g/mol. The molecule has 0 aliphatic heterocycles.